The maximum Gasteiger partial charge on any atom is 0.344 e. The number of hydrogen-bond acceptors (Lipinski definition) is 5. The van der Waals surface area contributed by atoms with Crippen molar-refractivity contribution in [1.82, 2.24) is 10.2 Å². The molecule has 2 N–H and O–H groups in total. The van der Waals surface area contributed by atoms with Gasteiger partial charge in [0.25, 0.3) is 0 Å². The van der Waals surface area contributed by atoms with Gasteiger partial charge in [-0.3, -0.25) is 4.79 Å². The summed E-state index contributed by atoms with van der Waals surface area (Å²) in [5.74, 6) is -2.48. The minimum absolute atomic E-state index is 0.0930. The Labute approximate surface area is 130 Å². The summed E-state index contributed by atoms with van der Waals surface area (Å²) in [6.07, 6.45) is 2.11. The Hall–Kier alpha value is -1.63. The Kier molecular flexibility index (Phi) is 4.47. The van der Waals surface area contributed by atoms with Crippen molar-refractivity contribution in [2.75, 3.05) is 13.1 Å². The second kappa shape index (κ2) is 5.87. The maximum absolute atomic E-state index is 12.6. The fraction of sp³-hybridized carbons (Fsp3) is 0.800. The number of likely N-dealkylation sites (tertiary alicyclic amines) is 1. The van der Waals surface area contributed by atoms with Gasteiger partial charge in [-0.05, 0) is 53.0 Å². The average Bonchev–Trinajstić information content (AvgIpc) is 3.06. The first-order valence-corrected chi connectivity index (χ1v) is 7.70. The van der Waals surface area contributed by atoms with Gasteiger partial charge in [0.1, 0.15) is 5.60 Å². The highest BCUT2D eigenvalue weighted by Crippen LogP contribution is 2.34. The Balaban J connectivity index is 2.29. The van der Waals surface area contributed by atoms with Gasteiger partial charge in [0, 0.05) is 6.54 Å². The lowest BCUT2D eigenvalue weighted by molar-refractivity contribution is -0.180. The van der Waals surface area contributed by atoms with E-state index in [4.69, 9.17) is 4.74 Å². The van der Waals surface area contributed by atoms with Crippen LogP contribution in [0.25, 0.3) is 0 Å². The van der Waals surface area contributed by atoms with E-state index in [0.29, 0.717) is 12.8 Å². The molecule has 0 bridgehead atoms. The molecule has 0 saturated carbocycles. The molecular weight excluding hydrogens is 288 g/mol. The molecule has 1 amide bonds. The van der Waals surface area contributed by atoms with Gasteiger partial charge in [0.15, 0.2) is 0 Å². The first-order chi connectivity index (χ1) is 10.2. The van der Waals surface area contributed by atoms with Crippen molar-refractivity contribution in [3.05, 3.63) is 0 Å². The smallest absolute Gasteiger partial charge is 0.344 e. The highest BCUT2D eigenvalue weighted by atomic mass is 16.6. The minimum atomic E-state index is -1.89. The van der Waals surface area contributed by atoms with E-state index in [1.807, 2.05) is 0 Å². The molecule has 2 heterocycles. The van der Waals surface area contributed by atoms with Crippen LogP contribution in [0.15, 0.2) is 0 Å². The fourth-order valence-electron chi connectivity index (χ4n) is 3.09. The molecule has 0 aliphatic carbocycles. The second-order valence-corrected chi connectivity index (χ2v) is 6.91. The molecular formula is C15H24N2O5. The van der Waals surface area contributed by atoms with Crippen LogP contribution < -0.4 is 5.32 Å². The molecule has 2 aliphatic heterocycles. The predicted octanol–water partition coefficient (Wildman–Crippen LogP) is 0.526. The van der Waals surface area contributed by atoms with E-state index in [1.54, 1.807) is 20.8 Å². The molecule has 2 aliphatic rings. The van der Waals surface area contributed by atoms with Gasteiger partial charge in [0.2, 0.25) is 11.4 Å². The van der Waals surface area contributed by atoms with Crippen molar-refractivity contribution in [3.63, 3.8) is 0 Å². The quantitative estimate of drug-likeness (QED) is 0.583. The first kappa shape index (κ1) is 16.7. The first-order valence-electron chi connectivity index (χ1n) is 7.70. The molecule has 124 valence electrons. The molecule has 0 unspecified atom stereocenters. The van der Waals surface area contributed by atoms with Crippen molar-refractivity contribution < 1.29 is 24.2 Å². The van der Waals surface area contributed by atoms with Crippen molar-refractivity contribution in [2.24, 2.45) is 0 Å². The number of rotatable bonds is 3. The van der Waals surface area contributed by atoms with Gasteiger partial charge in [-0.15, -0.1) is 0 Å². The zero-order chi connectivity index (χ0) is 16.5. The lowest BCUT2D eigenvalue weighted by Crippen LogP contribution is -2.62. The molecule has 0 radical (unpaired) electrons. The van der Waals surface area contributed by atoms with E-state index in [1.165, 1.54) is 4.90 Å². The summed E-state index contributed by atoms with van der Waals surface area (Å²) in [6, 6.07) is -0.403. The van der Waals surface area contributed by atoms with E-state index in [0.717, 1.165) is 13.0 Å². The minimum Gasteiger partial charge on any atom is -0.479 e. The summed E-state index contributed by atoms with van der Waals surface area (Å²) >= 11 is 0. The third-order valence-corrected chi connectivity index (χ3v) is 4.10. The Morgan fingerprint density at radius 3 is 2.45 bits per heavy atom. The maximum atomic E-state index is 12.6. The Morgan fingerprint density at radius 2 is 1.95 bits per heavy atom. The number of amides is 1. The number of ether oxygens (including phenoxy) is 1. The number of carboxylic acid groups (broad SMARTS) is 1. The third-order valence-electron chi connectivity index (χ3n) is 4.10. The molecule has 0 aromatic carbocycles. The number of nitrogens with zero attached hydrogens (tertiary/aromatic N) is 1. The summed E-state index contributed by atoms with van der Waals surface area (Å²) in [5.41, 5.74) is -2.70. The number of carboxylic acids is 1. The fourth-order valence-corrected chi connectivity index (χ4v) is 3.09. The van der Waals surface area contributed by atoms with Crippen molar-refractivity contribution >= 4 is 17.8 Å². The van der Waals surface area contributed by atoms with E-state index >= 15 is 0 Å². The van der Waals surface area contributed by atoms with Crippen molar-refractivity contribution in [3.8, 4) is 0 Å². The highest BCUT2D eigenvalue weighted by Gasteiger charge is 2.58. The standard InChI is InChI=1S/C15H24N2O5/c1-14(2,3)22-13(21)15(12(19)20)7-5-9-17(15)11(18)10-6-4-8-16-10/h10,16H,4-9H2,1-3H3,(H,19,20)/t10-,15-/m0/s1. The van der Waals surface area contributed by atoms with E-state index in [9.17, 15) is 19.5 Å². The van der Waals surface area contributed by atoms with Crippen LogP contribution in [0.4, 0.5) is 0 Å². The normalized spacial score (nSPS) is 28.7. The number of aliphatic carboxylic acids is 1. The highest BCUT2D eigenvalue weighted by molar-refractivity contribution is 6.08. The lowest BCUT2D eigenvalue weighted by Gasteiger charge is -2.36. The van der Waals surface area contributed by atoms with Crippen LogP contribution in [-0.2, 0) is 19.1 Å². The topological polar surface area (TPSA) is 95.9 Å². The van der Waals surface area contributed by atoms with Gasteiger partial charge in [0.05, 0.1) is 6.04 Å². The van der Waals surface area contributed by atoms with Gasteiger partial charge in [-0.1, -0.05) is 0 Å². The van der Waals surface area contributed by atoms with Crippen molar-refractivity contribution in [2.45, 2.75) is 63.6 Å². The summed E-state index contributed by atoms with van der Waals surface area (Å²) in [6.45, 7) is 6.04. The largest absolute Gasteiger partial charge is 0.479 e. The van der Waals surface area contributed by atoms with Crippen LogP contribution in [0, 0.1) is 0 Å². The van der Waals surface area contributed by atoms with E-state index < -0.39 is 29.1 Å². The van der Waals surface area contributed by atoms with Gasteiger partial charge >= 0.3 is 11.9 Å². The van der Waals surface area contributed by atoms with Crippen LogP contribution in [0.1, 0.15) is 46.5 Å². The third kappa shape index (κ3) is 2.95. The second-order valence-electron chi connectivity index (χ2n) is 6.91. The van der Waals surface area contributed by atoms with Gasteiger partial charge in [-0.2, -0.15) is 0 Å². The summed E-state index contributed by atoms with van der Waals surface area (Å²) in [5, 5.41) is 12.7. The number of nitrogens with one attached hydrogen (secondary N) is 1. The molecule has 7 heteroatoms. The molecule has 0 aromatic heterocycles. The van der Waals surface area contributed by atoms with Crippen LogP contribution in [0.5, 0.6) is 0 Å². The summed E-state index contributed by atoms with van der Waals surface area (Å²) < 4.78 is 5.30. The van der Waals surface area contributed by atoms with Crippen LogP contribution in [-0.4, -0.2) is 58.1 Å². The monoisotopic (exact) mass is 312 g/mol. The zero-order valence-corrected chi connectivity index (χ0v) is 13.3. The Morgan fingerprint density at radius 1 is 1.27 bits per heavy atom. The molecule has 7 nitrogen and oxygen atoms in total. The molecule has 22 heavy (non-hydrogen) atoms. The predicted molar refractivity (Wildman–Crippen MR) is 78.2 cm³/mol. The van der Waals surface area contributed by atoms with Gasteiger partial charge in [-0.25, -0.2) is 9.59 Å². The van der Waals surface area contributed by atoms with E-state index in [-0.39, 0.29) is 18.9 Å². The average molecular weight is 312 g/mol. The Bertz CT molecular complexity index is 479. The molecule has 2 fully saturated rings. The lowest BCUT2D eigenvalue weighted by atomic mass is 9.95. The van der Waals surface area contributed by atoms with Crippen LogP contribution in [0.2, 0.25) is 0 Å². The number of esters is 1. The zero-order valence-electron chi connectivity index (χ0n) is 13.3. The SMILES string of the molecule is CC(C)(C)OC(=O)[C@@]1(C(=O)O)CCCN1C(=O)[C@@H]1CCCN1. The molecule has 2 saturated heterocycles. The molecule has 2 rings (SSSR count). The number of carbonyl (C=O) groups is 3. The molecule has 2 atom stereocenters. The molecule has 0 spiro atoms. The van der Waals surface area contributed by atoms with Crippen molar-refractivity contribution in [1.29, 1.82) is 0 Å². The number of carbonyl (C=O) groups excluding carboxylic acids is 2. The van der Waals surface area contributed by atoms with E-state index in [2.05, 4.69) is 5.32 Å². The van der Waals surface area contributed by atoms with Gasteiger partial charge < -0.3 is 20.1 Å². The van der Waals surface area contributed by atoms with Crippen LogP contribution >= 0.6 is 0 Å². The molecule has 0 aromatic rings. The summed E-state index contributed by atoms with van der Waals surface area (Å²) in [7, 11) is 0. The summed E-state index contributed by atoms with van der Waals surface area (Å²) in [4.78, 5) is 38.2. The van der Waals surface area contributed by atoms with Crippen LogP contribution in [0.3, 0.4) is 0 Å². The number of hydrogen-bond donors (Lipinski definition) is 2.